The minimum atomic E-state index is -0.403. The first-order chi connectivity index (χ1) is 10.6. The summed E-state index contributed by atoms with van der Waals surface area (Å²) in [5, 5.41) is 9.33. The van der Waals surface area contributed by atoms with Crippen molar-refractivity contribution in [1.29, 1.82) is 0 Å². The van der Waals surface area contributed by atoms with Crippen LogP contribution in [0.1, 0.15) is 17.3 Å². The lowest BCUT2D eigenvalue weighted by molar-refractivity contribution is 0.0529. The lowest BCUT2D eigenvalue weighted by Crippen LogP contribution is -2.24. The second-order valence-electron chi connectivity index (χ2n) is 4.26. The number of thiocarbonyl (C=S) groups is 1. The molecule has 0 atom stereocenters. The van der Waals surface area contributed by atoms with Crippen LogP contribution in [0.25, 0.3) is 11.1 Å². The van der Waals surface area contributed by atoms with Crippen LogP contribution in [0.3, 0.4) is 0 Å². The highest BCUT2D eigenvalue weighted by Crippen LogP contribution is 2.39. The van der Waals surface area contributed by atoms with Crippen LogP contribution < -0.4 is 10.6 Å². The molecule has 0 radical (unpaired) electrons. The van der Waals surface area contributed by atoms with Crippen LogP contribution in [-0.4, -0.2) is 24.7 Å². The Bertz CT molecular complexity index is 701. The van der Waals surface area contributed by atoms with Crippen LogP contribution in [0.2, 0.25) is 5.02 Å². The second-order valence-corrected chi connectivity index (χ2v) is 5.95. The molecule has 0 fully saturated rings. The Balaban J connectivity index is 2.52. The van der Waals surface area contributed by atoms with E-state index in [2.05, 4.69) is 10.6 Å². The average Bonchev–Trinajstić information content (AvgIpc) is 2.91. The van der Waals surface area contributed by atoms with Crippen molar-refractivity contribution in [3.05, 3.63) is 40.2 Å². The van der Waals surface area contributed by atoms with Gasteiger partial charge in [0, 0.05) is 28.6 Å². The van der Waals surface area contributed by atoms with E-state index in [1.54, 1.807) is 20.0 Å². The Morgan fingerprint density at radius 2 is 2.09 bits per heavy atom. The number of anilines is 1. The number of hydrogen-bond acceptors (Lipinski definition) is 4. The smallest absolute Gasteiger partial charge is 0.341 e. The molecule has 7 heteroatoms. The van der Waals surface area contributed by atoms with Crippen molar-refractivity contribution in [2.45, 2.75) is 6.92 Å². The van der Waals surface area contributed by atoms with E-state index in [-0.39, 0.29) is 0 Å². The molecular formula is C15H15ClN2O2S2. The number of ether oxygens (including phenoxy) is 1. The third-order valence-electron chi connectivity index (χ3n) is 2.89. The third-order valence-corrected chi connectivity index (χ3v) is 4.42. The summed E-state index contributed by atoms with van der Waals surface area (Å²) in [6.07, 6.45) is 0. The highest BCUT2D eigenvalue weighted by atomic mass is 35.5. The van der Waals surface area contributed by atoms with Gasteiger partial charge in [-0.15, -0.1) is 11.3 Å². The number of nitrogens with one attached hydrogen (secondary N) is 2. The Morgan fingerprint density at radius 3 is 2.73 bits per heavy atom. The van der Waals surface area contributed by atoms with Gasteiger partial charge in [0.25, 0.3) is 0 Å². The largest absolute Gasteiger partial charge is 0.462 e. The monoisotopic (exact) mass is 354 g/mol. The average molecular weight is 355 g/mol. The molecule has 2 rings (SSSR count). The maximum Gasteiger partial charge on any atom is 0.341 e. The molecule has 0 saturated heterocycles. The molecule has 1 aromatic heterocycles. The van der Waals surface area contributed by atoms with E-state index in [0.717, 1.165) is 11.1 Å². The summed E-state index contributed by atoms with van der Waals surface area (Å²) in [6, 6.07) is 7.37. The quantitative estimate of drug-likeness (QED) is 0.637. The molecule has 2 N–H and O–H groups in total. The molecule has 22 heavy (non-hydrogen) atoms. The van der Waals surface area contributed by atoms with E-state index in [9.17, 15) is 4.79 Å². The molecule has 4 nitrogen and oxygen atoms in total. The zero-order chi connectivity index (χ0) is 16.1. The highest BCUT2D eigenvalue weighted by Gasteiger charge is 2.23. The van der Waals surface area contributed by atoms with Gasteiger partial charge >= 0.3 is 5.97 Å². The van der Waals surface area contributed by atoms with Gasteiger partial charge in [-0.05, 0) is 25.2 Å². The molecule has 0 bridgehead atoms. The van der Waals surface area contributed by atoms with Crippen LogP contribution in [0.15, 0.2) is 29.6 Å². The zero-order valence-electron chi connectivity index (χ0n) is 12.1. The molecule has 0 aliphatic carbocycles. The molecule has 0 saturated carbocycles. The number of carbonyl (C=O) groups excluding carboxylic acids is 1. The van der Waals surface area contributed by atoms with E-state index in [1.165, 1.54) is 11.3 Å². The normalized spacial score (nSPS) is 10.1. The Hall–Kier alpha value is -1.63. The first-order valence-corrected chi connectivity index (χ1v) is 8.27. The van der Waals surface area contributed by atoms with Gasteiger partial charge in [0.1, 0.15) is 10.6 Å². The lowest BCUT2D eigenvalue weighted by atomic mass is 10.0. The zero-order valence-corrected chi connectivity index (χ0v) is 14.5. The summed E-state index contributed by atoms with van der Waals surface area (Å²) >= 11 is 12.7. The number of benzene rings is 1. The Morgan fingerprint density at radius 1 is 1.36 bits per heavy atom. The van der Waals surface area contributed by atoms with Gasteiger partial charge in [0.05, 0.1) is 6.61 Å². The molecule has 1 aromatic carbocycles. The topological polar surface area (TPSA) is 50.4 Å². The van der Waals surface area contributed by atoms with Crippen molar-refractivity contribution in [2.75, 3.05) is 19.0 Å². The molecule has 1 heterocycles. The molecule has 0 spiro atoms. The van der Waals surface area contributed by atoms with Crippen LogP contribution in [0.4, 0.5) is 5.00 Å². The summed E-state index contributed by atoms with van der Waals surface area (Å²) in [5.74, 6) is -0.403. The van der Waals surface area contributed by atoms with Gasteiger partial charge in [0.2, 0.25) is 0 Å². The fraction of sp³-hybridized carbons (Fsp3) is 0.200. The summed E-state index contributed by atoms with van der Waals surface area (Å²) in [5.41, 5.74) is 1.96. The molecule has 0 unspecified atom stereocenters. The number of hydrogen-bond donors (Lipinski definition) is 2. The highest BCUT2D eigenvalue weighted by molar-refractivity contribution is 7.80. The van der Waals surface area contributed by atoms with Gasteiger partial charge in [-0.25, -0.2) is 4.79 Å². The Kier molecular flexibility index (Phi) is 5.76. The minimum Gasteiger partial charge on any atom is -0.462 e. The predicted molar refractivity (Wildman–Crippen MR) is 96.0 cm³/mol. The predicted octanol–water partition coefficient (Wildman–Crippen LogP) is 4.16. The fourth-order valence-corrected chi connectivity index (χ4v) is 3.26. The summed E-state index contributed by atoms with van der Waals surface area (Å²) in [4.78, 5) is 12.3. The second kappa shape index (κ2) is 7.58. The first-order valence-electron chi connectivity index (χ1n) is 6.60. The number of esters is 1. The van der Waals surface area contributed by atoms with Crippen molar-refractivity contribution in [2.24, 2.45) is 0 Å². The maximum atomic E-state index is 12.3. The van der Waals surface area contributed by atoms with Crippen molar-refractivity contribution in [3.8, 4) is 11.1 Å². The van der Waals surface area contributed by atoms with Gasteiger partial charge in [-0.1, -0.05) is 29.8 Å². The van der Waals surface area contributed by atoms with Crippen LogP contribution in [0, 0.1) is 0 Å². The van der Waals surface area contributed by atoms with E-state index < -0.39 is 5.97 Å². The summed E-state index contributed by atoms with van der Waals surface area (Å²) in [7, 11) is 1.71. The van der Waals surface area contributed by atoms with E-state index in [1.807, 2.05) is 23.6 Å². The fourth-order valence-electron chi connectivity index (χ4n) is 1.90. The molecule has 2 aromatic rings. The van der Waals surface area contributed by atoms with Gasteiger partial charge < -0.3 is 15.4 Å². The summed E-state index contributed by atoms with van der Waals surface area (Å²) in [6.45, 7) is 2.07. The number of thiophene rings is 1. The standard InChI is InChI=1S/C15H15ClN2O2S2/c1-3-20-14(19)12-10(9-6-4-5-7-11(9)16)8-22-13(12)18-15(21)17-2/h4-8H,3H2,1-2H3,(H2,17,18,21). The molecule has 0 aliphatic rings. The van der Waals surface area contributed by atoms with Crippen molar-refractivity contribution in [1.82, 2.24) is 5.32 Å². The van der Waals surface area contributed by atoms with E-state index >= 15 is 0 Å². The number of rotatable bonds is 4. The number of carbonyl (C=O) groups is 1. The van der Waals surface area contributed by atoms with Gasteiger partial charge in [0.15, 0.2) is 5.11 Å². The minimum absolute atomic E-state index is 0.298. The van der Waals surface area contributed by atoms with E-state index in [4.69, 9.17) is 28.6 Å². The lowest BCUT2D eigenvalue weighted by Gasteiger charge is -2.10. The van der Waals surface area contributed by atoms with Crippen LogP contribution in [0.5, 0.6) is 0 Å². The van der Waals surface area contributed by atoms with Crippen molar-refractivity contribution >= 4 is 51.2 Å². The molecular weight excluding hydrogens is 340 g/mol. The molecule has 0 aliphatic heterocycles. The molecule has 116 valence electrons. The molecule has 0 amide bonds. The van der Waals surface area contributed by atoms with Crippen LogP contribution in [-0.2, 0) is 4.74 Å². The Labute approximate surface area is 143 Å². The first kappa shape index (κ1) is 16.7. The van der Waals surface area contributed by atoms with Gasteiger partial charge in [-0.2, -0.15) is 0 Å². The van der Waals surface area contributed by atoms with Crippen LogP contribution >= 0.6 is 35.2 Å². The van der Waals surface area contributed by atoms with Gasteiger partial charge in [-0.3, -0.25) is 0 Å². The number of halogens is 1. The van der Waals surface area contributed by atoms with E-state index in [0.29, 0.717) is 27.3 Å². The van der Waals surface area contributed by atoms with Crippen molar-refractivity contribution < 1.29 is 9.53 Å². The summed E-state index contributed by atoms with van der Waals surface area (Å²) < 4.78 is 5.17. The SMILES string of the molecule is CCOC(=O)c1c(-c2ccccc2Cl)csc1NC(=S)NC. The van der Waals surface area contributed by atoms with Crippen molar-refractivity contribution in [3.63, 3.8) is 0 Å². The third kappa shape index (κ3) is 3.58. The maximum absolute atomic E-state index is 12.3.